The average molecular weight is 337 g/mol. The van der Waals surface area contributed by atoms with Crippen LogP contribution in [0, 0.1) is 0 Å². The Balaban J connectivity index is 2.21. The van der Waals surface area contributed by atoms with Crippen molar-refractivity contribution in [1.82, 2.24) is 9.97 Å². The molecule has 2 heterocycles. The maximum atomic E-state index is 11.9. The minimum Gasteiger partial charge on any atom is -0.381 e. The van der Waals surface area contributed by atoms with Crippen LogP contribution in [0.3, 0.4) is 0 Å². The van der Waals surface area contributed by atoms with Crippen molar-refractivity contribution in [3.05, 3.63) is 24.5 Å². The number of aromatic nitrogens is 2. The van der Waals surface area contributed by atoms with Crippen molar-refractivity contribution in [3.8, 4) is 0 Å². The van der Waals surface area contributed by atoms with Gasteiger partial charge in [-0.15, -0.1) is 11.6 Å². The number of amides is 1. The van der Waals surface area contributed by atoms with Gasteiger partial charge in [0.25, 0.3) is 0 Å². The second-order valence-corrected chi connectivity index (χ2v) is 5.30. The minimum absolute atomic E-state index is 0.0163. The molecule has 0 radical (unpaired) electrons. The second kappa shape index (κ2) is 9.27. The van der Waals surface area contributed by atoms with Crippen LogP contribution in [0.15, 0.2) is 24.5 Å². The van der Waals surface area contributed by atoms with Crippen molar-refractivity contribution < 1.29 is 9.53 Å². The fourth-order valence-corrected chi connectivity index (χ4v) is 2.30. The zero-order valence-electron chi connectivity index (χ0n) is 13.1. The monoisotopic (exact) mass is 336 g/mol. The van der Waals surface area contributed by atoms with E-state index in [0.29, 0.717) is 18.2 Å². The summed E-state index contributed by atoms with van der Waals surface area (Å²) < 4.78 is 5.12. The zero-order chi connectivity index (χ0) is 16.5. The molecule has 124 valence electrons. The SMILES string of the molecule is CCOCC(=O)Nc1cnc2cccnc2c1NCCCCCl. The third-order valence-electron chi connectivity index (χ3n) is 3.20. The quantitative estimate of drug-likeness (QED) is 0.543. The van der Waals surface area contributed by atoms with E-state index in [2.05, 4.69) is 20.6 Å². The molecule has 6 nitrogen and oxygen atoms in total. The van der Waals surface area contributed by atoms with Crippen molar-refractivity contribution in [2.24, 2.45) is 0 Å². The van der Waals surface area contributed by atoms with Gasteiger partial charge >= 0.3 is 0 Å². The largest absolute Gasteiger partial charge is 0.381 e. The summed E-state index contributed by atoms with van der Waals surface area (Å²) >= 11 is 5.71. The number of fused-ring (bicyclic) bond motifs is 1. The third-order valence-corrected chi connectivity index (χ3v) is 3.47. The Morgan fingerprint density at radius 1 is 1.35 bits per heavy atom. The molecule has 2 aromatic rings. The number of halogens is 1. The Morgan fingerprint density at radius 3 is 3.00 bits per heavy atom. The third kappa shape index (κ3) is 5.04. The second-order valence-electron chi connectivity index (χ2n) is 4.93. The lowest BCUT2D eigenvalue weighted by Crippen LogP contribution is -2.19. The summed E-state index contributed by atoms with van der Waals surface area (Å²) in [6, 6.07) is 3.72. The molecule has 7 heteroatoms. The highest BCUT2D eigenvalue weighted by Gasteiger charge is 2.12. The van der Waals surface area contributed by atoms with Crippen molar-refractivity contribution >= 4 is 39.9 Å². The number of anilines is 2. The molecular weight excluding hydrogens is 316 g/mol. The molecule has 0 atom stereocenters. The van der Waals surface area contributed by atoms with Crippen LogP contribution in [0.5, 0.6) is 0 Å². The van der Waals surface area contributed by atoms with Crippen LogP contribution < -0.4 is 10.6 Å². The summed E-state index contributed by atoms with van der Waals surface area (Å²) in [4.78, 5) is 20.6. The molecule has 0 aliphatic rings. The van der Waals surface area contributed by atoms with E-state index in [0.717, 1.165) is 36.1 Å². The summed E-state index contributed by atoms with van der Waals surface area (Å²) in [5.41, 5.74) is 2.88. The van der Waals surface area contributed by atoms with Crippen molar-refractivity contribution in [2.45, 2.75) is 19.8 Å². The molecule has 0 aliphatic heterocycles. The van der Waals surface area contributed by atoms with Crippen LogP contribution in [-0.4, -0.2) is 41.5 Å². The number of hydrogen-bond donors (Lipinski definition) is 2. The van der Waals surface area contributed by atoms with Crippen LogP contribution >= 0.6 is 11.6 Å². The Kier molecular flexibility index (Phi) is 7.03. The van der Waals surface area contributed by atoms with Crippen LogP contribution in [0.2, 0.25) is 0 Å². The van der Waals surface area contributed by atoms with E-state index < -0.39 is 0 Å². The van der Waals surface area contributed by atoms with Crippen molar-refractivity contribution in [1.29, 1.82) is 0 Å². The van der Waals surface area contributed by atoms with Gasteiger partial charge in [-0.25, -0.2) is 0 Å². The number of nitrogens with one attached hydrogen (secondary N) is 2. The van der Waals surface area contributed by atoms with Crippen LogP contribution in [0.4, 0.5) is 11.4 Å². The molecule has 2 rings (SSSR count). The van der Waals surface area contributed by atoms with Gasteiger partial charge in [0.05, 0.1) is 23.1 Å². The molecule has 0 aliphatic carbocycles. The predicted molar refractivity (Wildman–Crippen MR) is 93.1 cm³/mol. The standard InChI is InChI=1S/C16H21ClN4O2/c1-2-23-11-14(22)21-13-10-20-12-6-5-9-19-15(12)16(13)18-8-4-3-7-17/h5-6,9-10H,2-4,7-8,11H2,1H3,(H,18,20)(H,21,22). The number of hydrogen-bond acceptors (Lipinski definition) is 5. The van der Waals surface area contributed by atoms with E-state index in [4.69, 9.17) is 16.3 Å². The Labute approximate surface area is 140 Å². The molecule has 0 saturated carbocycles. The van der Waals surface area contributed by atoms with Crippen LogP contribution in [0.1, 0.15) is 19.8 Å². The Bertz CT molecular complexity index is 651. The summed E-state index contributed by atoms with van der Waals surface area (Å²) in [5.74, 6) is 0.419. The first-order chi connectivity index (χ1) is 11.3. The van der Waals surface area contributed by atoms with Gasteiger partial charge in [-0.2, -0.15) is 0 Å². The number of alkyl halides is 1. The van der Waals surface area contributed by atoms with Gasteiger partial charge < -0.3 is 15.4 Å². The predicted octanol–water partition coefficient (Wildman–Crippen LogP) is 3.04. The zero-order valence-corrected chi connectivity index (χ0v) is 13.9. The first kappa shape index (κ1) is 17.4. The summed E-state index contributed by atoms with van der Waals surface area (Å²) in [6.45, 7) is 3.10. The molecule has 2 N–H and O–H groups in total. The normalized spacial score (nSPS) is 10.7. The fourth-order valence-electron chi connectivity index (χ4n) is 2.11. The molecule has 0 bridgehead atoms. The number of nitrogens with zero attached hydrogens (tertiary/aromatic N) is 2. The van der Waals surface area contributed by atoms with E-state index in [1.54, 1.807) is 12.4 Å². The molecule has 1 amide bonds. The molecule has 2 aromatic heterocycles. The molecule has 0 spiro atoms. The molecular formula is C16H21ClN4O2. The van der Waals surface area contributed by atoms with Gasteiger partial charge in [-0.05, 0) is 31.9 Å². The molecule has 0 fully saturated rings. The maximum absolute atomic E-state index is 11.9. The maximum Gasteiger partial charge on any atom is 0.250 e. The number of carbonyl (C=O) groups excluding carboxylic acids is 1. The average Bonchev–Trinajstić information content (AvgIpc) is 2.58. The summed E-state index contributed by atoms with van der Waals surface area (Å²) in [5, 5.41) is 6.16. The minimum atomic E-state index is -0.215. The van der Waals surface area contributed by atoms with Crippen LogP contribution in [-0.2, 0) is 9.53 Å². The fraction of sp³-hybridized carbons (Fsp3) is 0.438. The lowest BCUT2D eigenvalue weighted by Gasteiger charge is -2.14. The van der Waals surface area contributed by atoms with Gasteiger partial charge in [0.15, 0.2) is 0 Å². The molecule has 23 heavy (non-hydrogen) atoms. The number of ether oxygens (including phenoxy) is 1. The molecule has 0 unspecified atom stereocenters. The van der Waals surface area contributed by atoms with E-state index in [-0.39, 0.29) is 12.5 Å². The smallest absolute Gasteiger partial charge is 0.250 e. The van der Waals surface area contributed by atoms with E-state index >= 15 is 0 Å². The number of unbranched alkanes of at least 4 members (excludes halogenated alkanes) is 1. The van der Waals surface area contributed by atoms with Gasteiger partial charge in [0, 0.05) is 25.2 Å². The van der Waals surface area contributed by atoms with E-state index in [1.165, 1.54) is 0 Å². The number of rotatable bonds is 9. The van der Waals surface area contributed by atoms with E-state index in [9.17, 15) is 4.79 Å². The highest BCUT2D eigenvalue weighted by atomic mass is 35.5. The number of carbonyl (C=O) groups is 1. The number of pyridine rings is 2. The first-order valence-electron chi connectivity index (χ1n) is 7.67. The first-order valence-corrected chi connectivity index (χ1v) is 8.21. The van der Waals surface area contributed by atoms with Gasteiger partial charge in [0.1, 0.15) is 12.1 Å². The van der Waals surface area contributed by atoms with Crippen molar-refractivity contribution in [3.63, 3.8) is 0 Å². The lowest BCUT2D eigenvalue weighted by atomic mass is 10.2. The summed E-state index contributed by atoms with van der Waals surface area (Å²) in [7, 11) is 0. The molecule has 0 aromatic carbocycles. The molecule has 0 saturated heterocycles. The Morgan fingerprint density at radius 2 is 2.22 bits per heavy atom. The highest BCUT2D eigenvalue weighted by molar-refractivity contribution is 6.17. The highest BCUT2D eigenvalue weighted by Crippen LogP contribution is 2.28. The van der Waals surface area contributed by atoms with Gasteiger partial charge in [0.2, 0.25) is 5.91 Å². The van der Waals surface area contributed by atoms with Gasteiger partial charge in [-0.1, -0.05) is 0 Å². The van der Waals surface area contributed by atoms with Crippen molar-refractivity contribution in [2.75, 3.05) is 36.3 Å². The van der Waals surface area contributed by atoms with Crippen LogP contribution in [0.25, 0.3) is 11.0 Å². The summed E-state index contributed by atoms with van der Waals surface area (Å²) in [6.07, 6.45) is 5.21. The Hall–Kier alpha value is -1.92. The topological polar surface area (TPSA) is 76.1 Å². The van der Waals surface area contributed by atoms with Gasteiger partial charge in [-0.3, -0.25) is 14.8 Å². The van der Waals surface area contributed by atoms with E-state index in [1.807, 2.05) is 19.1 Å². The lowest BCUT2D eigenvalue weighted by molar-refractivity contribution is -0.120.